The van der Waals surface area contributed by atoms with E-state index in [-0.39, 0.29) is 0 Å². The van der Waals surface area contributed by atoms with E-state index in [1.807, 2.05) is 0 Å². The predicted octanol–water partition coefficient (Wildman–Crippen LogP) is 5.34. The van der Waals surface area contributed by atoms with Gasteiger partial charge in [-0.1, -0.05) is 48.5 Å². The normalized spacial score (nSPS) is 15.3. The molecule has 5 rings (SSSR count). The van der Waals surface area contributed by atoms with Crippen LogP contribution in [0.25, 0.3) is 0 Å². The molecule has 0 saturated heterocycles. The van der Waals surface area contributed by atoms with Gasteiger partial charge in [-0.3, -0.25) is 0 Å². The topological polar surface area (TPSA) is 6.48 Å². The SMILES string of the molecule is Cc1ccccc1N1Cc2cc3c(cc2C1)CN(c1ccccc1C)C3. The van der Waals surface area contributed by atoms with Gasteiger partial charge in [0, 0.05) is 37.6 Å². The lowest BCUT2D eigenvalue weighted by molar-refractivity contribution is 0.863. The van der Waals surface area contributed by atoms with Crippen molar-refractivity contribution < 1.29 is 0 Å². The maximum absolute atomic E-state index is 2.51. The monoisotopic (exact) mass is 340 g/mol. The zero-order chi connectivity index (χ0) is 17.7. The van der Waals surface area contributed by atoms with E-state index >= 15 is 0 Å². The van der Waals surface area contributed by atoms with E-state index in [0.29, 0.717) is 0 Å². The first-order valence-corrected chi connectivity index (χ1v) is 9.44. The van der Waals surface area contributed by atoms with Gasteiger partial charge in [0.2, 0.25) is 0 Å². The Bertz CT molecular complexity index is 878. The van der Waals surface area contributed by atoms with Crippen molar-refractivity contribution in [1.29, 1.82) is 0 Å². The summed E-state index contributed by atoms with van der Waals surface area (Å²) in [6, 6.07) is 22.4. The molecule has 0 amide bonds. The van der Waals surface area contributed by atoms with Crippen LogP contribution in [0.5, 0.6) is 0 Å². The molecule has 3 aromatic carbocycles. The van der Waals surface area contributed by atoms with Crippen LogP contribution in [0.1, 0.15) is 33.4 Å². The summed E-state index contributed by atoms with van der Waals surface area (Å²) in [5.74, 6) is 0. The third kappa shape index (κ3) is 2.48. The van der Waals surface area contributed by atoms with E-state index in [1.54, 1.807) is 0 Å². The van der Waals surface area contributed by atoms with Crippen LogP contribution < -0.4 is 9.80 Å². The fourth-order valence-electron chi connectivity index (χ4n) is 4.49. The second-order valence-corrected chi connectivity index (χ2v) is 7.67. The summed E-state index contributed by atoms with van der Waals surface area (Å²) in [7, 11) is 0. The number of nitrogens with zero attached hydrogens (tertiary/aromatic N) is 2. The number of fused-ring (bicyclic) bond motifs is 2. The van der Waals surface area contributed by atoms with Gasteiger partial charge in [0.25, 0.3) is 0 Å². The molecule has 2 aliphatic heterocycles. The van der Waals surface area contributed by atoms with Crippen LogP contribution in [0.3, 0.4) is 0 Å². The summed E-state index contributed by atoms with van der Waals surface area (Å²) in [6.07, 6.45) is 0. The molecule has 2 heterocycles. The summed E-state index contributed by atoms with van der Waals surface area (Å²) >= 11 is 0. The Hall–Kier alpha value is -2.74. The summed E-state index contributed by atoms with van der Waals surface area (Å²) in [5, 5.41) is 0. The van der Waals surface area contributed by atoms with Gasteiger partial charge >= 0.3 is 0 Å². The number of hydrogen-bond acceptors (Lipinski definition) is 2. The third-order valence-electron chi connectivity index (χ3n) is 5.88. The molecule has 0 radical (unpaired) electrons. The van der Waals surface area contributed by atoms with Crippen molar-refractivity contribution in [3.63, 3.8) is 0 Å². The minimum Gasteiger partial charge on any atom is -0.363 e. The van der Waals surface area contributed by atoms with E-state index in [9.17, 15) is 0 Å². The van der Waals surface area contributed by atoms with E-state index in [2.05, 4.69) is 84.3 Å². The molecule has 0 bridgehead atoms. The van der Waals surface area contributed by atoms with E-state index in [1.165, 1.54) is 44.8 Å². The number of para-hydroxylation sites is 2. The number of rotatable bonds is 2. The Labute approximate surface area is 155 Å². The van der Waals surface area contributed by atoms with Gasteiger partial charge in [0.15, 0.2) is 0 Å². The fourth-order valence-corrected chi connectivity index (χ4v) is 4.49. The molecule has 0 aliphatic carbocycles. The van der Waals surface area contributed by atoms with E-state index in [4.69, 9.17) is 0 Å². The second-order valence-electron chi connectivity index (χ2n) is 7.67. The minimum absolute atomic E-state index is 1.03. The lowest BCUT2D eigenvalue weighted by atomic mass is 10.0. The molecule has 3 aromatic rings. The Morgan fingerprint density at radius 2 is 0.885 bits per heavy atom. The average Bonchev–Trinajstić information content (AvgIpc) is 3.23. The molecule has 0 saturated carbocycles. The molecule has 2 nitrogen and oxygen atoms in total. The van der Waals surface area contributed by atoms with Crippen molar-refractivity contribution in [3.05, 3.63) is 94.0 Å². The van der Waals surface area contributed by atoms with Gasteiger partial charge in [-0.25, -0.2) is 0 Å². The molecule has 0 atom stereocenters. The first kappa shape index (κ1) is 15.5. The standard InChI is InChI=1S/C24H24N2/c1-17-7-3-5-9-23(17)25-13-19-11-21-15-26(16-22(21)12-20(19)14-25)24-10-6-4-8-18(24)2/h3-12H,13-16H2,1-2H3. The van der Waals surface area contributed by atoms with Crippen molar-refractivity contribution >= 4 is 11.4 Å². The Balaban J connectivity index is 1.42. The number of hydrogen-bond donors (Lipinski definition) is 0. The Morgan fingerprint density at radius 1 is 0.538 bits per heavy atom. The van der Waals surface area contributed by atoms with Crippen LogP contribution >= 0.6 is 0 Å². The first-order valence-electron chi connectivity index (χ1n) is 9.44. The molecule has 0 unspecified atom stereocenters. The van der Waals surface area contributed by atoms with Gasteiger partial charge in [-0.05, 0) is 59.4 Å². The lowest BCUT2D eigenvalue weighted by Crippen LogP contribution is -2.16. The smallest absolute Gasteiger partial charge is 0.0436 e. The summed E-state index contributed by atoms with van der Waals surface area (Å²) in [6.45, 7) is 8.52. The molecule has 0 spiro atoms. The van der Waals surface area contributed by atoms with Crippen molar-refractivity contribution in [1.82, 2.24) is 0 Å². The van der Waals surface area contributed by atoms with Crippen LogP contribution in [0, 0.1) is 13.8 Å². The van der Waals surface area contributed by atoms with Crippen molar-refractivity contribution in [2.45, 2.75) is 40.0 Å². The van der Waals surface area contributed by atoms with E-state index < -0.39 is 0 Å². The van der Waals surface area contributed by atoms with Gasteiger partial charge in [0.1, 0.15) is 0 Å². The maximum atomic E-state index is 2.51. The maximum Gasteiger partial charge on any atom is 0.0436 e. The molecule has 26 heavy (non-hydrogen) atoms. The molecule has 0 N–H and O–H groups in total. The highest BCUT2D eigenvalue weighted by molar-refractivity contribution is 5.60. The summed E-state index contributed by atoms with van der Waals surface area (Å²) < 4.78 is 0. The molecule has 130 valence electrons. The van der Waals surface area contributed by atoms with E-state index in [0.717, 1.165) is 26.2 Å². The summed E-state index contributed by atoms with van der Waals surface area (Å²) in [5.41, 5.74) is 11.4. The number of benzene rings is 3. The lowest BCUT2D eigenvalue weighted by Gasteiger charge is -2.20. The number of aryl methyl sites for hydroxylation is 2. The molecular formula is C24H24N2. The fraction of sp³-hybridized carbons (Fsp3) is 0.250. The highest BCUT2D eigenvalue weighted by Crippen LogP contribution is 2.36. The molecule has 0 aromatic heterocycles. The number of anilines is 2. The van der Waals surface area contributed by atoms with Crippen LogP contribution in [0.2, 0.25) is 0 Å². The van der Waals surface area contributed by atoms with Crippen LogP contribution in [0.15, 0.2) is 60.7 Å². The summed E-state index contributed by atoms with van der Waals surface area (Å²) in [4.78, 5) is 5.02. The minimum atomic E-state index is 1.03. The zero-order valence-electron chi connectivity index (χ0n) is 15.5. The highest BCUT2D eigenvalue weighted by atomic mass is 15.2. The van der Waals surface area contributed by atoms with Crippen LogP contribution in [-0.2, 0) is 26.2 Å². The Kier molecular flexibility index (Phi) is 3.53. The van der Waals surface area contributed by atoms with Crippen LogP contribution in [-0.4, -0.2) is 0 Å². The molecule has 0 fully saturated rings. The van der Waals surface area contributed by atoms with Crippen molar-refractivity contribution in [2.24, 2.45) is 0 Å². The van der Waals surface area contributed by atoms with Gasteiger partial charge in [0.05, 0.1) is 0 Å². The molecule has 2 aliphatic rings. The van der Waals surface area contributed by atoms with Gasteiger partial charge < -0.3 is 9.80 Å². The molecule has 2 heteroatoms. The highest BCUT2D eigenvalue weighted by Gasteiger charge is 2.26. The van der Waals surface area contributed by atoms with Crippen molar-refractivity contribution in [3.8, 4) is 0 Å². The quantitative estimate of drug-likeness (QED) is 0.621. The van der Waals surface area contributed by atoms with Gasteiger partial charge in [-0.2, -0.15) is 0 Å². The van der Waals surface area contributed by atoms with Gasteiger partial charge in [-0.15, -0.1) is 0 Å². The third-order valence-corrected chi connectivity index (χ3v) is 5.88. The molecular weight excluding hydrogens is 316 g/mol. The zero-order valence-corrected chi connectivity index (χ0v) is 15.5. The Morgan fingerprint density at radius 3 is 1.23 bits per heavy atom. The van der Waals surface area contributed by atoms with Crippen molar-refractivity contribution in [2.75, 3.05) is 9.80 Å². The second kappa shape index (κ2) is 5.91. The first-order chi connectivity index (χ1) is 12.7. The largest absolute Gasteiger partial charge is 0.363 e. The predicted molar refractivity (Wildman–Crippen MR) is 109 cm³/mol. The average molecular weight is 340 g/mol. The van der Waals surface area contributed by atoms with Crippen LogP contribution in [0.4, 0.5) is 11.4 Å².